The van der Waals surface area contributed by atoms with Gasteiger partial charge in [-0.1, -0.05) is 26.2 Å². The number of anilines is 1. The number of carbonyl (C=O) groups is 1. The maximum Gasteiger partial charge on any atom is 0.255 e. The van der Waals surface area contributed by atoms with Gasteiger partial charge in [-0.15, -0.1) is 0 Å². The number of hydrogen-bond acceptors (Lipinski definition) is 3. The van der Waals surface area contributed by atoms with Gasteiger partial charge in [-0.2, -0.15) is 0 Å². The molecular weight excluding hydrogens is 355 g/mol. The van der Waals surface area contributed by atoms with Gasteiger partial charge in [0.15, 0.2) is 0 Å². The number of halogens is 1. The Morgan fingerprint density at radius 2 is 1.62 bits per heavy atom. The molecule has 0 saturated carbocycles. The van der Waals surface area contributed by atoms with Crippen LogP contribution in [-0.2, 0) is 10.0 Å². The van der Waals surface area contributed by atoms with E-state index in [9.17, 15) is 17.6 Å². The predicted molar refractivity (Wildman–Crippen MR) is 100 cm³/mol. The molecule has 5 nitrogen and oxygen atoms in total. The molecule has 26 heavy (non-hydrogen) atoms. The summed E-state index contributed by atoms with van der Waals surface area (Å²) >= 11 is 0. The molecule has 140 valence electrons. The van der Waals surface area contributed by atoms with Crippen LogP contribution >= 0.6 is 0 Å². The van der Waals surface area contributed by atoms with Crippen LogP contribution in [0.25, 0.3) is 0 Å². The first-order chi connectivity index (χ1) is 12.4. The summed E-state index contributed by atoms with van der Waals surface area (Å²) in [5.41, 5.74) is 0.776. The summed E-state index contributed by atoms with van der Waals surface area (Å²) in [6.45, 7) is 2.51. The van der Waals surface area contributed by atoms with Crippen molar-refractivity contribution in [3.63, 3.8) is 0 Å². The fraction of sp³-hybridized carbons (Fsp3) is 0.316. The molecule has 1 amide bonds. The lowest BCUT2D eigenvalue weighted by atomic mass is 10.2. The van der Waals surface area contributed by atoms with E-state index in [0.29, 0.717) is 17.8 Å². The molecule has 2 N–H and O–H groups in total. The van der Waals surface area contributed by atoms with Crippen LogP contribution in [0.15, 0.2) is 53.4 Å². The van der Waals surface area contributed by atoms with E-state index in [1.165, 1.54) is 48.5 Å². The third kappa shape index (κ3) is 5.93. The van der Waals surface area contributed by atoms with Crippen molar-refractivity contribution in [1.82, 2.24) is 4.72 Å². The first kappa shape index (κ1) is 20.1. The zero-order chi connectivity index (χ0) is 19.0. The molecule has 0 atom stereocenters. The van der Waals surface area contributed by atoms with Crippen molar-refractivity contribution in [2.45, 2.75) is 37.5 Å². The second-order valence-electron chi connectivity index (χ2n) is 5.94. The normalized spacial score (nSPS) is 11.3. The molecule has 0 aliphatic heterocycles. The topological polar surface area (TPSA) is 75.3 Å². The lowest BCUT2D eigenvalue weighted by Crippen LogP contribution is -2.24. The van der Waals surface area contributed by atoms with E-state index in [0.717, 1.165) is 25.7 Å². The minimum absolute atomic E-state index is 0.146. The summed E-state index contributed by atoms with van der Waals surface area (Å²) in [6, 6.07) is 11.1. The Morgan fingerprint density at radius 3 is 2.23 bits per heavy atom. The van der Waals surface area contributed by atoms with Crippen LogP contribution in [-0.4, -0.2) is 20.9 Å². The van der Waals surface area contributed by atoms with Crippen molar-refractivity contribution >= 4 is 21.6 Å². The van der Waals surface area contributed by atoms with E-state index in [4.69, 9.17) is 0 Å². The minimum atomic E-state index is -3.55. The molecule has 2 aromatic rings. The van der Waals surface area contributed by atoms with Crippen molar-refractivity contribution in [2.24, 2.45) is 0 Å². The highest BCUT2D eigenvalue weighted by Gasteiger charge is 2.13. The lowest BCUT2D eigenvalue weighted by Gasteiger charge is -2.09. The Kier molecular flexibility index (Phi) is 7.29. The van der Waals surface area contributed by atoms with Crippen molar-refractivity contribution in [3.05, 3.63) is 59.9 Å². The standard InChI is InChI=1S/C19H23FN2O3S/c1-2-3-4-5-14-21-26(24,25)18-12-10-17(11-13-18)22-19(23)15-6-8-16(20)9-7-15/h6-13,21H,2-5,14H2,1H3,(H,22,23). The first-order valence-electron chi connectivity index (χ1n) is 8.59. The SMILES string of the molecule is CCCCCCNS(=O)(=O)c1ccc(NC(=O)c2ccc(F)cc2)cc1. The van der Waals surface area contributed by atoms with Crippen LogP contribution in [0, 0.1) is 5.82 Å². The monoisotopic (exact) mass is 378 g/mol. The molecule has 0 fully saturated rings. The van der Waals surface area contributed by atoms with E-state index >= 15 is 0 Å². The van der Waals surface area contributed by atoms with Crippen LogP contribution in [0.1, 0.15) is 43.0 Å². The van der Waals surface area contributed by atoms with Gasteiger partial charge in [0, 0.05) is 17.8 Å². The van der Waals surface area contributed by atoms with E-state index < -0.39 is 21.7 Å². The van der Waals surface area contributed by atoms with Crippen molar-refractivity contribution < 1.29 is 17.6 Å². The summed E-state index contributed by atoms with van der Waals surface area (Å²) in [4.78, 5) is 12.2. The molecule has 0 spiro atoms. The van der Waals surface area contributed by atoms with E-state index in [2.05, 4.69) is 17.0 Å². The molecule has 0 heterocycles. The average Bonchev–Trinajstić information content (AvgIpc) is 2.62. The number of unbranched alkanes of at least 4 members (excludes halogenated alkanes) is 3. The van der Waals surface area contributed by atoms with Crippen LogP contribution < -0.4 is 10.0 Å². The second kappa shape index (κ2) is 9.45. The van der Waals surface area contributed by atoms with Gasteiger partial charge < -0.3 is 5.32 Å². The molecular formula is C19H23FN2O3S. The van der Waals surface area contributed by atoms with Gasteiger partial charge in [0.05, 0.1) is 4.90 Å². The number of hydrogen-bond donors (Lipinski definition) is 2. The molecule has 0 unspecified atom stereocenters. The lowest BCUT2D eigenvalue weighted by molar-refractivity contribution is 0.102. The van der Waals surface area contributed by atoms with Gasteiger partial charge in [0.1, 0.15) is 5.82 Å². The molecule has 0 radical (unpaired) electrons. The molecule has 7 heteroatoms. The molecule has 2 rings (SSSR count). The largest absolute Gasteiger partial charge is 0.322 e. The van der Waals surface area contributed by atoms with Crippen molar-refractivity contribution in [2.75, 3.05) is 11.9 Å². The van der Waals surface area contributed by atoms with Crippen LogP contribution in [0.5, 0.6) is 0 Å². The minimum Gasteiger partial charge on any atom is -0.322 e. The van der Waals surface area contributed by atoms with Crippen LogP contribution in [0.2, 0.25) is 0 Å². The highest BCUT2D eigenvalue weighted by atomic mass is 32.2. The summed E-state index contributed by atoms with van der Waals surface area (Å²) in [7, 11) is -3.55. The Morgan fingerprint density at radius 1 is 0.962 bits per heavy atom. The van der Waals surface area contributed by atoms with Gasteiger partial charge in [-0.25, -0.2) is 17.5 Å². The van der Waals surface area contributed by atoms with Gasteiger partial charge in [-0.3, -0.25) is 4.79 Å². The molecule has 0 bridgehead atoms. The molecule has 0 saturated heterocycles. The number of amides is 1. The summed E-state index contributed by atoms with van der Waals surface area (Å²) in [5, 5.41) is 2.65. The van der Waals surface area contributed by atoms with E-state index in [-0.39, 0.29) is 4.90 Å². The van der Waals surface area contributed by atoms with Crippen molar-refractivity contribution in [3.8, 4) is 0 Å². The number of sulfonamides is 1. The number of nitrogens with one attached hydrogen (secondary N) is 2. The third-order valence-electron chi connectivity index (χ3n) is 3.85. The first-order valence-corrected chi connectivity index (χ1v) is 10.1. The van der Waals surface area contributed by atoms with E-state index in [1.807, 2.05) is 0 Å². The average molecular weight is 378 g/mol. The van der Waals surface area contributed by atoms with Crippen LogP contribution in [0.4, 0.5) is 10.1 Å². The predicted octanol–water partition coefficient (Wildman–Crippen LogP) is 3.94. The highest BCUT2D eigenvalue weighted by Crippen LogP contribution is 2.15. The maximum absolute atomic E-state index is 12.9. The second-order valence-corrected chi connectivity index (χ2v) is 7.71. The molecule has 0 aliphatic rings. The number of rotatable bonds is 9. The van der Waals surface area contributed by atoms with Crippen molar-refractivity contribution in [1.29, 1.82) is 0 Å². The number of benzene rings is 2. The zero-order valence-electron chi connectivity index (χ0n) is 14.7. The van der Waals surface area contributed by atoms with Gasteiger partial charge >= 0.3 is 0 Å². The molecule has 0 aliphatic carbocycles. The summed E-state index contributed by atoms with van der Waals surface area (Å²) in [6.07, 6.45) is 3.98. The molecule has 2 aromatic carbocycles. The van der Waals surface area contributed by atoms with E-state index in [1.54, 1.807) is 0 Å². The fourth-order valence-electron chi connectivity index (χ4n) is 2.36. The van der Waals surface area contributed by atoms with Crippen LogP contribution in [0.3, 0.4) is 0 Å². The Bertz CT molecular complexity index is 819. The highest BCUT2D eigenvalue weighted by molar-refractivity contribution is 7.89. The smallest absolute Gasteiger partial charge is 0.255 e. The zero-order valence-corrected chi connectivity index (χ0v) is 15.5. The number of carbonyl (C=O) groups excluding carboxylic acids is 1. The van der Waals surface area contributed by atoms with Gasteiger partial charge in [0.25, 0.3) is 5.91 Å². The van der Waals surface area contributed by atoms with Gasteiger partial charge in [0.2, 0.25) is 10.0 Å². The summed E-state index contributed by atoms with van der Waals surface area (Å²) in [5.74, 6) is -0.812. The Labute approximate surface area is 153 Å². The maximum atomic E-state index is 12.9. The Balaban J connectivity index is 1.94. The van der Waals surface area contributed by atoms with Gasteiger partial charge in [-0.05, 0) is 55.0 Å². The molecule has 0 aromatic heterocycles. The quantitative estimate of drug-likeness (QED) is 0.649. The Hall–Kier alpha value is -2.25. The third-order valence-corrected chi connectivity index (χ3v) is 5.33. The summed E-state index contributed by atoms with van der Waals surface area (Å²) < 4.78 is 39.9. The fourth-order valence-corrected chi connectivity index (χ4v) is 3.44.